The number of methoxy groups -OCH3 is 2. The van der Waals surface area contributed by atoms with Gasteiger partial charge in [0, 0.05) is 29.6 Å². The van der Waals surface area contributed by atoms with Crippen molar-refractivity contribution in [1.82, 2.24) is 9.88 Å². The predicted molar refractivity (Wildman–Crippen MR) is 121 cm³/mol. The average molecular weight is 427 g/mol. The third-order valence-electron chi connectivity index (χ3n) is 5.06. The van der Waals surface area contributed by atoms with Gasteiger partial charge in [-0.2, -0.15) is 0 Å². The molecule has 1 N–H and O–H groups in total. The Morgan fingerprint density at radius 2 is 1.77 bits per heavy atom. The van der Waals surface area contributed by atoms with Crippen LogP contribution in [0.3, 0.4) is 0 Å². The number of rotatable bonds is 7. The van der Waals surface area contributed by atoms with Crippen molar-refractivity contribution in [2.45, 2.75) is 31.8 Å². The Hall–Kier alpha value is -2.93. The minimum Gasteiger partial charge on any atom is -0.493 e. The van der Waals surface area contributed by atoms with Gasteiger partial charge in [-0.25, -0.2) is 0 Å². The van der Waals surface area contributed by atoms with E-state index in [2.05, 4.69) is 11.4 Å². The van der Waals surface area contributed by atoms with Crippen LogP contribution in [0.1, 0.15) is 28.4 Å². The van der Waals surface area contributed by atoms with Crippen molar-refractivity contribution in [2.75, 3.05) is 20.5 Å². The molecule has 0 saturated heterocycles. The molecule has 0 saturated carbocycles. The summed E-state index contributed by atoms with van der Waals surface area (Å²) in [7, 11) is 3.04. The summed E-state index contributed by atoms with van der Waals surface area (Å²) in [5.74, 6) is 0.671. The summed E-state index contributed by atoms with van der Waals surface area (Å²) in [5, 5.41) is 3.95. The first kappa shape index (κ1) is 21.8. The topological polar surface area (TPSA) is 69.6 Å². The highest BCUT2D eigenvalue weighted by atomic mass is 32.2. The first-order chi connectivity index (χ1) is 14.4. The Labute approximate surface area is 180 Å². The number of nitrogens with zero attached hydrogens (tertiary/aromatic N) is 1. The minimum atomic E-state index is -0.248. The number of pyridine rings is 1. The number of hydrogen-bond donors (Lipinski definition) is 1. The Balaban J connectivity index is 2.05. The van der Waals surface area contributed by atoms with Gasteiger partial charge in [-0.1, -0.05) is 12.1 Å². The fourth-order valence-electron chi connectivity index (χ4n) is 3.40. The van der Waals surface area contributed by atoms with E-state index in [1.165, 1.54) is 24.4 Å². The first-order valence-corrected chi connectivity index (χ1v) is 10.9. The van der Waals surface area contributed by atoms with Gasteiger partial charge in [0.15, 0.2) is 11.5 Å². The predicted octanol–water partition coefficient (Wildman–Crippen LogP) is 4.00. The van der Waals surface area contributed by atoms with E-state index in [1.54, 1.807) is 30.1 Å². The monoisotopic (exact) mass is 426 g/mol. The fourth-order valence-corrected chi connectivity index (χ4v) is 4.11. The van der Waals surface area contributed by atoms with E-state index >= 15 is 0 Å². The Kier molecular flexibility index (Phi) is 6.72. The number of carbonyl (C=O) groups is 1. The maximum Gasteiger partial charge on any atom is 0.258 e. The molecule has 0 aliphatic rings. The number of thioether (sulfide) groups is 1. The summed E-state index contributed by atoms with van der Waals surface area (Å²) in [6.45, 7) is 4.77. The minimum absolute atomic E-state index is 0.173. The molecule has 0 spiro atoms. The van der Waals surface area contributed by atoms with Crippen molar-refractivity contribution in [3.05, 3.63) is 63.6 Å². The van der Waals surface area contributed by atoms with Crippen molar-refractivity contribution in [3.8, 4) is 11.5 Å². The van der Waals surface area contributed by atoms with Gasteiger partial charge in [-0.05, 0) is 49.4 Å². The van der Waals surface area contributed by atoms with Gasteiger partial charge < -0.3 is 19.4 Å². The fraction of sp³-hybridized carbons (Fsp3) is 0.304. The van der Waals surface area contributed by atoms with Gasteiger partial charge in [0.25, 0.3) is 11.5 Å². The molecule has 1 heterocycles. The third-order valence-corrected chi connectivity index (χ3v) is 5.88. The summed E-state index contributed by atoms with van der Waals surface area (Å²) < 4.78 is 12.2. The van der Waals surface area contributed by atoms with E-state index in [9.17, 15) is 9.59 Å². The lowest BCUT2D eigenvalue weighted by Gasteiger charge is -2.15. The average Bonchev–Trinajstić information content (AvgIpc) is 2.77. The van der Waals surface area contributed by atoms with Crippen molar-refractivity contribution in [3.63, 3.8) is 0 Å². The highest BCUT2D eigenvalue weighted by Crippen LogP contribution is 2.32. The molecule has 6 nitrogen and oxygen atoms in total. The van der Waals surface area contributed by atoms with Crippen LogP contribution in [0.5, 0.6) is 11.5 Å². The van der Waals surface area contributed by atoms with Crippen LogP contribution in [0, 0.1) is 6.92 Å². The molecule has 0 fully saturated rings. The number of aromatic nitrogens is 1. The zero-order valence-corrected chi connectivity index (χ0v) is 18.7. The Morgan fingerprint density at radius 3 is 2.37 bits per heavy atom. The molecular weight excluding hydrogens is 400 g/mol. The van der Waals surface area contributed by atoms with Crippen LogP contribution in [0.4, 0.5) is 0 Å². The highest BCUT2D eigenvalue weighted by molar-refractivity contribution is 7.98. The number of nitrogens with one attached hydrogen (secondary N) is 1. The number of aryl methyl sites for hydroxylation is 2. The number of hydrogen-bond acceptors (Lipinski definition) is 5. The van der Waals surface area contributed by atoms with E-state index < -0.39 is 0 Å². The maximum absolute atomic E-state index is 13.1. The van der Waals surface area contributed by atoms with E-state index in [0.29, 0.717) is 40.9 Å². The molecule has 0 aliphatic carbocycles. The van der Waals surface area contributed by atoms with Crippen molar-refractivity contribution in [2.24, 2.45) is 0 Å². The second-order valence-corrected chi connectivity index (χ2v) is 7.73. The lowest BCUT2D eigenvalue weighted by atomic mass is 10.1. The normalized spacial score (nSPS) is 10.8. The van der Waals surface area contributed by atoms with Gasteiger partial charge >= 0.3 is 0 Å². The molecule has 0 aliphatic heterocycles. The standard InChI is InChI=1S/C23H26N2O4S/c1-6-25-13-18(16-10-19(28-3)20(29-4)11-17(16)23(25)27)22(26)24-12-15-8-7-14(2)9-21(15)30-5/h7-11,13H,6,12H2,1-5H3,(H,24,26). The summed E-state index contributed by atoms with van der Waals surface area (Å²) in [6.07, 6.45) is 3.63. The maximum atomic E-state index is 13.1. The van der Waals surface area contributed by atoms with E-state index in [4.69, 9.17) is 9.47 Å². The number of fused-ring (bicyclic) bond motifs is 1. The third kappa shape index (κ3) is 4.16. The SMILES string of the molecule is CCn1cc(C(=O)NCc2ccc(C)cc2SC)c2cc(OC)c(OC)cc2c1=O. The van der Waals surface area contributed by atoms with Crippen molar-refractivity contribution >= 4 is 28.4 Å². The molecule has 158 valence electrons. The summed E-state index contributed by atoms with van der Waals surface area (Å²) in [4.78, 5) is 27.1. The summed E-state index contributed by atoms with van der Waals surface area (Å²) >= 11 is 1.65. The lowest BCUT2D eigenvalue weighted by Crippen LogP contribution is -2.27. The Bertz CT molecular complexity index is 1150. The van der Waals surface area contributed by atoms with Crippen LogP contribution in [0.15, 0.2) is 46.2 Å². The zero-order chi connectivity index (χ0) is 21.8. The molecule has 0 unspecified atom stereocenters. The number of amides is 1. The van der Waals surface area contributed by atoms with Gasteiger partial charge in [0.1, 0.15) is 0 Å². The van der Waals surface area contributed by atoms with E-state index in [-0.39, 0.29) is 11.5 Å². The number of benzene rings is 2. The molecule has 7 heteroatoms. The summed E-state index contributed by atoms with van der Waals surface area (Å²) in [5.41, 5.74) is 2.48. The van der Waals surface area contributed by atoms with Gasteiger partial charge in [-0.3, -0.25) is 9.59 Å². The molecule has 0 radical (unpaired) electrons. The van der Waals surface area contributed by atoms with E-state index in [0.717, 1.165) is 10.5 Å². The van der Waals surface area contributed by atoms with Crippen LogP contribution in [0.2, 0.25) is 0 Å². The lowest BCUT2D eigenvalue weighted by molar-refractivity contribution is 0.0951. The van der Waals surface area contributed by atoms with Crippen molar-refractivity contribution in [1.29, 1.82) is 0 Å². The first-order valence-electron chi connectivity index (χ1n) is 9.64. The van der Waals surface area contributed by atoms with Gasteiger partial charge in [0.05, 0.1) is 25.2 Å². The smallest absolute Gasteiger partial charge is 0.258 e. The molecule has 3 aromatic rings. The van der Waals surface area contributed by atoms with Gasteiger partial charge in [0.2, 0.25) is 0 Å². The molecule has 30 heavy (non-hydrogen) atoms. The second kappa shape index (κ2) is 9.26. The quantitative estimate of drug-likeness (QED) is 0.579. The second-order valence-electron chi connectivity index (χ2n) is 6.88. The molecular formula is C23H26N2O4S. The molecule has 2 aromatic carbocycles. The number of carbonyl (C=O) groups excluding carboxylic acids is 1. The molecule has 0 bridgehead atoms. The van der Waals surface area contributed by atoms with Crippen LogP contribution in [-0.4, -0.2) is 30.9 Å². The molecule has 1 aromatic heterocycles. The number of ether oxygens (including phenoxy) is 2. The molecule has 3 rings (SSSR count). The van der Waals surface area contributed by atoms with Crippen molar-refractivity contribution < 1.29 is 14.3 Å². The van der Waals surface area contributed by atoms with Crippen LogP contribution >= 0.6 is 11.8 Å². The van der Waals surface area contributed by atoms with Crippen LogP contribution < -0.4 is 20.3 Å². The summed E-state index contributed by atoms with van der Waals surface area (Å²) in [6, 6.07) is 9.48. The van der Waals surface area contributed by atoms with Crippen LogP contribution in [-0.2, 0) is 13.1 Å². The largest absolute Gasteiger partial charge is 0.493 e. The zero-order valence-electron chi connectivity index (χ0n) is 17.9. The Morgan fingerprint density at radius 1 is 1.10 bits per heavy atom. The molecule has 1 amide bonds. The van der Waals surface area contributed by atoms with Crippen LogP contribution in [0.25, 0.3) is 10.8 Å². The highest BCUT2D eigenvalue weighted by Gasteiger charge is 2.18. The van der Waals surface area contributed by atoms with Gasteiger partial charge in [-0.15, -0.1) is 11.8 Å². The molecule has 0 atom stereocenters. The van der Waals surface area contributed by atoms with E-state index in [1.807, 2.05) is 32.2 Å².